The topological polar surface area (TPSA) is 94.8 Å². The number of hydrogen-bond donors (Lipinski definition) is 0. The SMILES string of the molecule is COCCN1CCN(C(=O)c2cnn(-c3nccc(-c4cc(OC)ccc4OC)n3)c2C)CC1. The first-order valence-corrected chi connectivity index (χ1v) is 11.2. The second-order valence-electron chi connectivity index (χ2n) is 7.99. The third-order valence-corrected chi connectivity index (χ3v) is 6.03. The first-order chi connectivity index (χ1) is 16.5. The van der Waals surface area contributed by atoms with Crippen LogP contribution in [-0.2, 0) is 4.74 Å². The van der Waals surface area contributed by atoms with Gasteiger partial charge in [-0.25, -0.2) is 14.6 Å². The minimum Gasteiger partial charge on any atom is -0.497 e. The van der Waals surface area contributed by atoms with Crippen LogP contribution in [0.5, 0.6) is 11.5 Å². The van der Waals surface area contributed by atoms with Crippen molar-refractivity contribution in [2.75, 3.05) is 60.7 Å². The van der Waals surface area contributed by atoms with Gasteiger partial charge in [0.25, 0.3) is 11.9 Å². The lowest BCUT2D eigenvalue weighted by molar-refractivity contribution is 0.0593. The zero-order chi connectivity index (χ0) is 24.1. The number of benzene rings is 1. The predicted molar refractivity (Wildman–Crippen MR) is 127 cm³/mol. The zero-order valence-electron chi connectivity index (χ0n) is 20.0. The number of ether oxygens (including phenoxy) is 3. The number of hydrogen-bond acceptors (Lipinski definition) is 8. The first-order valence-electron chi connectivity index (χ1n) is 11.2. The van der Waals surface area contributed by atoms with Gasteiger partial charge in [0.05, 0.1) is 44.0 Å². The van der Waals surface area contributed by atoms with Crippen molar-refractivity contribution in [1.82, 2.24) is 29.5 Å². The van der Waals surface area contributed by atoms with E-state index in [-0.39, 0.29) is 5.91 Å². The standard InChI is InChI=1S/C24H30N6O4/c1-17-20(23(31)29-11-9-28(10-12-29)13-14-32-2)16-26-30(17)24-25-8-7-21(27-24)19-15-18(33-3)5-6-22(19)34-4/h5-8,15-16H,9-14H2,1-4H3. The number of amides is 1. The molecule has 0 aliphatic carbocycles. The van der Waals surface area contributed by atoms with Crippen LogP contribution in [0.15, 0.2) is 36.7 Å². The van der Waals surface area contributed by atoms with Crippen molar-refractivity contribution in [2.24, 2.45) is 0 Å². The molecule has 10 heteroatoms. The highest BCUT2D eigenvalue weighted by Crippen LogP contribution is 2.32. The molecule has 1 saturated heterocycles. The fraction of sp³-hybridized carbons (Fsp3) is 0.417. The van der Waals surface area contributed by atoms with E-state index in [1.165, 1.54) is 0 Å². The van der Waals surface area contributed by atoms with Gasteiger partial charge in [0.2, 0.25) is 0 Å². The number of methoxy groups -OCH3 is 3. The van der Waals surface area contributed by atoms with E-state index in [0.717, 1.165) is 25.2 Å². The minimum atomic E-state index is -0.0271. The number of nitrogens with zero attached hydrogens (tertiary/aromatic N) is 6. The van der Waals surface area contributed by atoms with E-state index in [1.54, 1.807) is 44.5 Å². The molecule has 10 nitrogen and oxygen atoms in total. The molecule has 3 heterocycles. The van der Waals surface area contributed by atoms with Crippen LogP contribution in [0.25, 0.3) is 17.2 Å². The summed E-state index contributed by atoms with van der Waals surface area (Å²) in [6, 6.07) is 7.33. The Kier molecular flexibility index (Phi) is 7.39. The van der Waals surface area contributed by atoms with Gasteiger partial charge in [-0.3, -0.25) is 9.69 Å². The third kappa shape index (κ3) is 4.87. The molecule has 4 rings (SSSR count). The Morgan fingerprint density at radius 2 is 1.85 bits per heavy atom. The molecule has 3 aromatic rings. The van der Waals surface area contributed by atoms with Crippen LogP contribution in [0.1, 0.15) is 16.1 Å². The normalized spacial score (nSPS) is 14.3. The largest absolute Gasteiger partial charge is 0.497 e. The van der Waals surface area contributed by atoms with Gasteiger partial charge in [-0.15, -0.1) is 0 Å². The maximum atomic E-state index is 13.2. The summed E-state index contributed by atoms with van der Waals surface area (Å²) in [7, 11) is 4.93. The Morgan fingerprint density at radius 3 is 2.56 bits per heavy atom. The quantitative estimate of drug-likeness (QED) is 0.498. The average Bonchev–Trinajstić information content (AvgIpc) is 3.28. The van der Waals surface area contributed by atoms with Crippen molar-refractivity contribution in [3.8, 4) is 28.7 Å². The monoisotopic (exact) mass is 466 g/mol. The molecule has 180 valence electrons. The number of piperazine rings is 1. The zero-order valence-corrected chi connectivity index (χ0v) is 20.0. The summed E-state index contributed by atoms with van der Waals surface area (Å²) in [5.74, 6) is 1.72. The van der Waals surface area contributed by atoms with Crippen molar-refractivity contribution < 1.29 is 19.0 Å². The number of carbonyl (C=O) groups is 1. The van der Waals surface area contributed by atoms with Crippen molar-refractivity contribution >= 4 is 5.91 Å². The second-order valence-corrected chi connectivity index (χ2v) is 7.99. The molecule has 1 fully saturated rings. The fourth-order valence-corrected chi connectivity index (χ4v) is 4.00. The molecule has 0 bridgehead atoms. The van der Waals surface area contributed by atoms with Gasteiger partial charge in [-0.1, -0.05) is 0 Å². The van der Waals surface area contributed by atoms with Crippen molar-refractivity contribution in [1.29, 1.82) is 0 Å². The summed E-state index contributed by atoms with van der Waals surface area (Å²) in [4.78, 5) is 26.4. The number of carbonyl (C=O) groups excluding carboxylic acids is 1. The lowest BCUT2D eigenvalue weighted by Crippen LogP contribution is -2.49. The highest BCUT2D eigenvalue weighted by atomic mass is 16.5. The second kappa shape index (κ2) is 10.6. The fourth-order valence-electron chi connectivity index (χ4n) is 4.00. The Labute approximate surface area is 199 Å². The van der Waals surface area contributed by atoms with Gasteiger partial charge in [-0.05, 0) is 31.2 Å². The third-order valence-electron chi connectivity index (χ3n) is 6.03. The molecule has 0 N–H and O–H groups in total. The lowest BCUT2D eigenvalue weighted by atomic mass is 10.1. The van der Waals surface area contributed by atoms with E-state index in [2.05, 4.69) is 15.0 Å². The highest BCUT2D eigenvalue weighted by Gasteiger charge is 2.25. The number of aromatic nitrogens is 4. The summed E-state index contributed by atoms with van der Waals surface area (Å²) >= 11 is 0. The van der Waals surface area contributed by atoms with Crippen LogP contribution in [0.2, 0.25) is 0 Å². The van der Waals surface area contributed by atoms with Gasteiger partial charge < -0.3 is 19.1 Å². The highest BCUT2D eigenvalue weighted by molar-refractivity contribution is 5.95. The van der Waals surface area contributed by atoms with E-state index >= 15 is 0 Å². The Hall–Kier alpha value is -3.50. The molecule has 0 saturated carbocycles. The van der Waals surface area contributed by atoms with Crippen LogP contribution in [0, 0.1) is 6.92 Å². The maximum absolute atomic E-state index is 13.2. The summed E-state index contributed by atoms with van der Waals surface area (Å²) in [6.45, 7) is 6.44. The molecular formula is C24H30N6O4. The van der Waals surface area contributed by atoms with Crippen LogP contribution >= 0.6 is 0 Å². The Balaban J connectivity index is 1.55. The molecule has 0 spiro atoms. The molecule has 0 atom stereocenters. The van der Waals surface area contributed by atoms with Crippen LogP contribution in [0.3, 0.4) is 0 Å². The van der Waals surface area contributed by atoms with E-state index in [0.29, 0.717) is 54.1 Å². The average molecular weight is 467 g/mol. The first kappa shape index (κ1) is 23.7. The van der Waals surface area contributed by atoms with E-state index in [9.17, 15) is 4.79 Å². The predicted octanol–water partition coefficient (Wildman–Crippen LogP) is 2.06. The smallest absolute Gasteiger partial charge is 0.257 e. The molecule has 1 aromatic carbocycles. The maximum Gasteiger partial charge on any atom is 0.257 e. The minimum absolute atomic E-state index is 0.0271. The molecule has 0 radical (unpaired) electrons. The van der Waals surface area contributed by atoms with Crippen LogP contribution in [0.4, 0.5) is 0 Å². The molecule has 1 aliphatic heterocycles. The Bertz CT molecular complexity index is 1140. The Morgan fingerprint density at radius 1 is 1.06 bits per heavy atom. The van der Waals surface area contributed by atoms with E-state index in [1.807, 2.05) is 30.0 Å². The van der Waals surface area contributed by atoms with Gasteiger partial charge in [0, 0.05) is 51.6 Å². The van der Waals surface area contributed by atoms with E-state index < -0.39 is 0 Å². The van der Waals surface area contributed by atoms with Crippen molar-refractivity contribution in [3.05, 3.63) is 47.9 Å². The molecule has 1 aliphatic rings. The molecular weight excluding hydrogens is 436 g/mol. The molecule has 1 amide bonds. The summed E-state index contributed by atoms with van der Waals surface area (Å²) in [5.41, 5.74) is 2.69. The van der Waals surface area contributed by atoms with Gasteiger partial charge in [0.1, 0.15) is 11.5 Å². The summed E-state index contributed by atoms with van der Waals surface area (Å²) in [6.07, 6.45) is 3.26. The van der Waals surface area contributed by atoms with Crippen molar-refractivity contribution in [3.63, 3.8) is 0 Å². The summed E-state index contributed by atoms with van der Waals surface area (Å²) < 4.78 is 17.6. The number of rotatable bonds is 8. The van der Waals surface area contributed by atoms with Crippen molar-refractivity contribution in [2.45, 2.75) is 6.92 Å². The molecule has 2 aromatic heterocycles. The van der Waals surface area contributed by atoms with Gasteiger partial charge in [0.15, 0.2) is 0 Å². The van der Waals surface area contributed by atoms with Crippen LogP contribution in [-0.4, -0.2) is 96.1 Å². The van der Waals surface area contributed by atoms with Gasteiger partial charge >= 0.3 is 0 Å². The molecule has 0 unspecified atom stereocenters. The summed E-state index contributed by atoms with van der Waals surface area (Å²) in [5, 5.41) is 4.43. The lowest BCUT2D eigenvalue weighted by Gasteiger charge is -2.34. The van der Waals surface area contributed by atoms with Gasteiger partial charge in [-0.2, -0.15) is 5.10 Å². The van der Waals surface area contributed by atoms with Crippen LogP contribution < -0.4 is 9.47 Å². The van der Waals surface area contributed by atoms with E-state index in [4.69, 9.17) is 19.2 Å². The molecule has 34 heavy (non-hydrogen) atoms.